The van der Waals surface area contributed by atoms with Gasteiger partial charge in [-0.3, -0.25) is 9.78 Å². The number of carbonyl (C=O) groups is 1. The number of hydrogen-bond donors (Lipinski definition) is 2. The number of hydrogen-bond acceptors (Lipinski definition) is 6. The lowest BCUT2D eigenvalue weighted by atomic mass is 10.1. The Morgan fingerprint density at radius 1 is 1.11 bits per heavy atom. The summed E-state index contributed by atoms with van der Waals surface area (Å²) in [5, 5.41) is 10.8. The summed E-state index contributed by atoms with van der Waals surface area (Å²) in [5.74, 6) is -0.220. The van der Waals surface area contributed by atoms with Crippen molar-refractivity contribution in [2.75, 3.05) is 6.61 Å². The lowest BCUT2D eigenvalue weighted by molar-refractivity contribution is 0.0951. The van der Waals surface area contributed by atoms with Crippen LogP contribution in [-0.2, 0) is 11.3 Å². The first-order valence-corrected chi connectivity index (χ1v) is 8.99. The summed E-state index contributed by atoms with van der Waals surface area (Å²) >= 11 is 0. The van der Waals surface area contributed by atoms with Crippen LogP contribution in [0.4, 0.5) is 4.79 Å². The predicted octanol–water partition coefficient (Wildman–Crippen LogP) is 4.13. The van der Waals surface area contributed by atoms with Gasteiger partial charge in [0.05, 0.1) is 12.0 Å². The molecule has 1 heterocycles. The Kier molecular flexibility index (Phi) is 6.16. The molecular weight excluding hydrogens is 362 g/mol. The van der Waals surface area contributed by atoms with Gasteiger partial charge in [0.25, 0.3) is 5.56 Å². The fourth-order valence-corrected chi connectivity index (χ4v) is 2.59. The van der Waals surface area contributed by atoms with Gasteiger partial charge in [-0.05, 0) is 30.2 Å². The fourth-order valence-electron chi connectivity index (χ4n) is 2.59. The second-order valence-electron chi connectivity index (χ2n) is 6.17. The zero-order valence-electron chi connectivity index (χ0n) is 15.4. The minimum atomic E-state index is -0.985. The SMILES string of the molecule is CCCCOC(=O)Oc1[nH]c(=O)c2cc(OCc3ccccc3)ccc2c1O. The molecule has 0 aliphatic carbocycles. The molecule has 3 aromatic rings. The molecule has 0 fully saturated rings. The maximum atomic E-state index is 12.4. The summed E-state index contributed by atoms with van der Waals surface area (Å²) < 4.78 is 15.5. The van der Waals surface area contributed by atoms with Gasteiger partial charge in [-0.1, -0.05) is 43.7 Å². The number of pyridine rings is 1. The minimum Gasteiger partial charge on any atom is -0.503 e. The summed E-state index contributed by atoms with van der Waals surface area (Å²) in [6, 6.07) is 14.3. The Hall–Kier alpha value is -3.48. The topological polar surface area (TPSA) is 97.9 Å². The number of fused-ring (bicyclic) bond motifs is 1. The van der Waals surface area contributed by atoms with Crippen LogP contribution in [0.5, 0.6) is 17.4 Å². The highest BCUT2D eigenvalue weighted by Gasteiger charge is 2.16. The highest BCUT2D eigenvalue weighted by Crippen LogP contribution is 2.32. The Morgan fingerprint density at radius 3 is 2.64 bits per heavy atom. The van der Waals surface area contributed by atoms with Gasteiger partial charge in [0.1, 0.15) is 12.4 Å². The smallest absolute Gasteiger partial charge is 0.503 e. The second-order valence-corrected chi connectivity index (χ2v) is 6.17. The summed E-state index contributed by atoms with van der Waals surface area (Å²) in [5.41, 5.74) is 0.471. The number of aromatic hydroxyl groups is 1. The zero-order chi connectivity index (χ0) is 19.9. The van der Waals surface area contributed by atoms with Crippen molar-refractivity contribution >= 4 is 16.9 Å². The van der Waals surface area contributed by atoms with E-state index in [1.807, 2.05) is 37.3 Å². The van der Waals surface area contributed by atoms with E-state index in [-0.39, 0.29) is 29.0 Å². The van der Waals surface area contributed by atoms with Crippen LogP contribution in [-0.4, -0.2) is 22.9 Å². The van der Waals surface area contributed by atoms with E-state index in [9.17, 15) is 14.7 Å². The van der Waals surface area contributed by atoms with Gasteiger partial charge in [-0.25, -0.2) is 4.79 Å². The first-order chi connectivity index (χ1) is 13.6. The molecule has 7 nitrogen and oxygen atoms in total. The monoisotopic (exact) mass is 383 g/mol. The summed E-state index contributed by atoms with van der Waals surface area (Å²) in [6.45, 7) is 2.51. The molecule has 0 amide bonds. The Labute approximate surface area is 161 Å². The molecule has 0 radical (unpaired) electrons. The molecule has 28 heavy (non-hydrogen) atoms. The molecular formula is C21H21NO6. The van der Waals surface area contributed by atoms with Crippen molar-refractivity contribution in [3.05, 3.63) is 64.4 Å². The molecule has 0 unspecified atom stereocenters. The lowest BCUT2D eigenvalue weighted by Crippen LogP contribution is -2.15. The number of benzene rings is 2. The molecule has 1 aromatic heterocycles. The number of aromatic nitrogens is 1. The molecule has 3 rings (SSSR count). The van der Waals surface area contributed by atoms with Gasteiger partial charge < -0.3 is 19.3 Å². The Morgan fingerprint density at radius 2 is 1.89 bits per heavy atom. The van der Waals surface area contributed by atoms with Gasteiger partial charge in [0.15, 0.2) is 5.75 Å². The van der Waals surface area contributed by atoms with Crippen molar-refractivity contribution < 1.29 is 24.1 Å². The number of unbranched alkanes of at least 4 members (excludes halogenated alkanes) is 1. The van der Waals surface area contributed by atoms with Crippen molar-refractivity contribution in [2.45, 2.75) is 26.4 Å². The van der Waals surface area contributed by atoms with E-state index in [0.717, 1.165) is 12.0 Å². The maximum Gasteiger partial charge on any atom is 0.515 e. The van der Waals surface area contributed by atoms with Gasteiger partial charge in [0, 0.05) is 5.39 Å². The fraction of sp³-hybridized carbons (Fsp3) is 0.238. The molecule has 146 valence electrons. The van der Waals surface area contributed by atoms with Crippen LogP contribution in [0.15, 0.2) is 53.3 Å². The van der Waals surface area contributed by atoms with Crippen molar-refractivity contribution in [2.24, 2.45) is 0 Å². The average molecular weight is 383 g/mol. The molecule has 0 aliphatic rings. The largest absolute Gasteiger partial charge is 0.515 e. The Bertz CT molecular complexity index is 1010. The molecule has 2 aromatic carbocycles. The standard InChI is InChI=1S/C21H21NO6/c1-2-3-11-26-21(25)28-20-18(23)16-10-9-15(12-17(16)19(24)22-20)27-13-14-7-5-4-6-8-14/h4-10,12,23H,2-3,11,13H2,1H3,(H,22,24). The third kappa shape index (κ3) is 4.62. The van der Waals surface area contributed by atoms with Crippen LogP contribution in [0.1, 0.15) is 25.3 Å². The van der Waals surface area contributed by atoms with Gasteiger partial charge in [0.2, 0.25) is 5.88 Å². The first-order valence-electron chi connectivity index (χ1n) is 8.99. The normalized spacial score (nSPS) is 10.6. The van der Waals surface area contributed by atoms with Crippen molar-refractivity contribution in [3.63, 3.8) is 0 Å². The van der Waals surface area contributed by atoms with Crippen LogP contribution in [0.25, 0.3) is 10.8 Å². The van der Waals surface area contributed by atoms with Crippen LogP contribution >= 0.6 is 0 Å². The third-order valence-electron chi connectivity index (χ3n) is 4.08. The van der Waals surface area contributed by atoms with Gasteiger partial charge >= 0.3 is 6.16 Å². The number of H-pyrrole nitrogens is 1. The highest BCUT2D eigenvalue weighted by atomic mass is 16.7. The second kappa shape index (κ2) is 8.94. The van der Waals surface area contributed by atoms with Gasteiger partial charge in [-0.15, -0.1) is 0 Å². The quantitative estimate of drug-likeness (QED) is 0.470. The van der Waals surface area contributed by atoms with Crippen LogP contribution < -0.4 is 15.0 Å². The zero-order valence-corrected chi connectivity index (χ0v) is 15.4. The van der Waals surface area contributed by atoms with E-state index in [2.05, 4.69) is 4.98 Å². The summed E-state index contributed by atoms with van der Waals surface area (Å²) in [6.07, 6.45) is 0.572. The summed E-state index contributed by atoms with van der Waals surface area (Å²) in [7, 11) is 0. The maximum absolute atomic E-state index is 12.4. The molecule has 0 bridgehead atoms. The molecule has 7 heteroatoms. The number of rotatable bonds is 7. The first kappa shape index (κ1) is 19.3. The van der Waals surface area contributed by atoms with E-state index in [1.165, 1.54) is 12.1 Å². The molecule has 0 atom stereocenters. The van der Waals surface area contributed by atoms with E-state index in [1.54, 1.807) is 6.07 Å². The van der Waals surface area contributed by atoms with Crippen molar-refractivity contribution in [1.29, 1.82) is 0 Å². The van der Waals surface area contributed by atoms with Crippen LogP contribution in [0.3, 0.4) is 0 Å². The molecule has 0 saturated heterocycles. The third-order valence-corrected chi connectivity index (χ3v) is 4.08. The highest BCUT2D eigenvalue weighted by molar-refractivity contribution is 5.90. The number of ether oxygens (including phenoxy) is 3. The van der Waals surface area contributed by atoms with E-state index in [0.29, 0.717) is 18.8 Å². The number of aromatic amines is 1. The molecule has 0 aliphatic heterocycles. The van der Waals surface area contributed by atoms with E-state index < -0.39 is 11.7 Å². The van der Waals surface area contributed by atoms with Crippen LogP contribution in [0.2, 0.25) is 0 Å². The van der Waals surface area contributed by atoms with Crippen LogP contribution in [0, 0.1) is 0 Å². The minimum absolute atomic E-state index is 0.204. The van der Waals surface area contributed by atoms with Gasteiger partial charge in [-0.2, -0.15) is 0 Å². The molecule has 0 spiro atoms. The molecule has 2 N–H and O–H groups in total. The Balaban J connectivity index is 1.78. The van der Waals surface area contributed by atoms with Crippen molar-refractivity contribution in [1.82, 2.24) is 4.98 Å². The number of nitrogens with one attached hydrogen (secondary N) is 1. The summed E-state index contributed by atoms with van der Waals surface area (Å²) in [4.78, 5) is 26.4. The average Bonchev–Trinajstić information content (AvgIpc) is 2.71. The predicted molar refractivity (Wildman–Crippen MR) is 104 cm³/mol. The van der Waals surface area contributed by atoms with Crippen molar-refractivity contribution in [3.8, 4) is 17.4 Å². The van der Waals surface area contributed by atoms with E-state index >= 15 is 0 Å². The lowest BCUT2D eigenvalue weighted by Gasteiger charge is -2.10. The molecule has 0 saturated carbocycles. The number of carbonyl (C=O) groups excluding carboxylic acids is 1. The van der Waals surface area contributed by atoms with E-state index in [4.69, 9.17) is 14.2 Å².